The van der Waals surface area contributed by atoms with Gasteiger partial charge in [-0.3, -0.25) is 0 Å². The van der Waals surface area contributed by atoms with Gasteiger partial charge in [0.1, 0.15) is 0 Å². The number of hydrogen-bond acceptors (Lipinski definition) is 3. The van der Waals surface area contributed by atoms with Crippen molar-refractivity contribution in [1.29, 1.82) is 0 Å². The summed E-state index contributed by atoms with van der Waals surface area (Å²) in [5.74, 6) is -0.467. The molecule has 0 bridgehead atoms. The third-order valence-corrected chi connectivity index (χ3v) is 1.89. The highest BCUT2D eigenvalue weighted by molar-refractivity contribution is 5.40. The Kier molecular flexibility index (Phi) is 4.93. The minimum Gasteiger partial charge on any atom is -0.396 e. The molecule has 0 aliphatic rings. The molecule has 1 rings (SSSR count). The predicted octanol–water partition coefficient (Wildman–Crippen LogP) is 1.80. The number of nitrogens with one attached hydrogen (secondary N) is 1. The van der Waals surface area contributed by atoms with Crippen LogP contribution >= 0.6 is 0 Å². The molecule has 4 heteroatoms. The maximum atomic E-state index is 12.6. The van der Waals surface area contributed by atoms with Crippen molar-refractivity contribution in [1.82, 2.24) is 4.98 Å². The number of halogens is 1. The lowest BCUT2D eigenvalue weighted by molar-refractivity contribution is 0.283. The van der Waals surface area contributed by atoms with E-state index in [1.165, 1.54) is 12.3 Å². The van der Waals surface area contributed by atoms with Gasteiger partial charge in [0, 0.05) is 31.1 Å². The standard InChI is InChI=1S/C10H15FN2O/c11-10-8-9(4-6-13-10)12-5-2-1-3-7-14/h4,6,8,14H,1-3,5,7H2,(H,12,13). The Morgan fingerprint density at radius 2 is 2.21 bits per heavy atom. The van der Waals surface area contributed by atoms with E-state index in [4.69, 9.17) is 5.11 Å². The van der Waals surface area contributed by atoms with Crippen molar-refractivity contribution < 1.29 is 9.50 Å². The van der Waals surface area contributed by atoms with Gasteiger partial charge < -0.3 is 10.4 Å². The van der Waals surface area contributed by atoms with Crippen molar-refractivity contribution in [3.05, 3.63) is 24.3 Å². The van der Waals surface area contributed by atoms with Gasteiger partial charge in [0.05, 0.1) is 0 Å². The maximum Gasteiger partial charge on any atom is 0.214 e. The van der Waals surface area contributed by atoms with Gasteiger partial charge in [-0.2, -0.15) is 4.39 Å². The van der Waals surface area contributed by atoms with Gasteiger partial charge in [-0.05, 0) is 25.3 Å². The first-order valence-corrected chi connectivity index (χ1v) is 4.79. The number of anilines is 1. The van der Waals surface area contributed by atoms with Gasteiger partial charge in [0.25, 0.3) is 0 Å². The molecule has 2 N–H and O–H groups in total. The van der Waals surface area contributed by atoms with E-state index in [9.17, 15) is 4.39 Å². The van der Waals surface area contributed by atoms with Crippen LogP contribution < -0.4 is 5.32 Å². The molecule has 0 atom stereocenters. The lowest BCUT2D eigenvalue weighted by Crippen LogP contribution is -2.02. The van der Waals surface area contributed by atoms with E-state index in [0.29, 0.717) is 0 Å². The zero-order valence-corrected chi connectivity index (χ0v) is 8.04. The van der Waals surface area contributed by atoms with E-state index in [0.717, 1.165) is 31.5 Å². The molecule has 0 saturated carbocycles. The molecule has 14 heavy (non-hydrogen) atoms. The van der Waals surface area contributed by atoms with Crippen LogP contribution in [0, 0.1) is 5.95 Å². The molecule has 78 valence electrons. The fourth-order valence-corrected chi connectivity index (χ4v) is 1.16. The van der Waals surface area contributed by atoms with Crippen LogP contribution in [-0.4, -0.2) is 23.2 Å². The normalized spacial score (nSPS) is 10.1. The highest BCUT2D eigenvalue weighted by atomic mass is 19.1. The molecule has 1 aromatic rings. The summed E-state index contributed by atoms with van der Waals surface area (Å²) < 4.78 is 12.6. The molecular weight excluding hydrogens is 183 g/mol. The van der Waals surface area contributed by atoms with Crippen LogP contribution in [0.2, 0.25) is 0 Å². The highest BCUT2D eigenvalue weighted by Gasteiger charge is 1.94. The zero-order valence-electron chi connectivity index (χ0n) is 8.04. The lowest BCUT2D eigenvalue weighted by atomic mass is 10.2. The molecule has 0 fully saturated rings. The average molecular weight is 198 g/mol. The van der Waals surface area contributed by atoms with Crippen LogP contribution in [0.3, 0.4) is 0 Å². The third-order valence-electron chi connectivity index (χ3n) is 1.89. The van der Waals surface area contributed by atoms with E-state index in [1.54, 1.807) is 6.07 Å². The van der Waals surface area contributed by atoms with Crippen LogP contribution in [0.25, 0.3) is 0 Å². The quantitative estimate of drug-likeness (QED) is 0.541. The van der Waals surface area contributed by atoms with Crippen molar-refractivity contribution >= 4 is 5.69 Å². The number of hydrogen-bond donors (Lipinski definition) is 2. The number of unbranched alkanes of at least 4 members (excludes halogenated alkanes) is 2. The number of nitrogens with zero attached hydrogens (tertiary/aromatic N) is 1. The largest absolute Gasteiger partial charge is 0.396 e. The van der Waals surface area contributed by atoms with Crippen molar-refractivity contribution in [2.24, 2.45) is 0 Å². The predicted molar refractivity (Wildman–Crippen MR) is 53.6 cm³/mol. The summed E-state index contributed by atoms with van der Waals surface area (Å²) in [6, 6.07) is 3.10. The first kappa shape index (κ1) is 10.9. The molecule has 1 heterocycles. The first-order chi connectivity index (χ1) is 6.83. The molecule has 0 aromatic carbocycles. The van der Waals surface area contributed by atoms with Crippen LogP contribution in [0.5, 0.6) is 0 Å². The van der Waals surface area contributed by atoms with Gasteiger partial charge >= 0.3 is 0 Å². The number of aromatic nitrogens is 1. The molecule has 0 saturated heterocycles. The maximum absolute atomic E-state index is 12.6. The van der Waals surface area contributed by atoms with Crippen LogP contribution in [-0.2, 0) is 0 Å². The van der Waals surface area contributed by atoms with Crippen molar-refractivity contribution in [2.45, 2.75) is 19.3 Å². The molecule has 0 amide bonds. The number of pyridine rings is 1. The summed E-state index contributed by atoms with van der Waals surface area (Å²) in [5, 5.41) is 11.6. The fourth-order valence-electron chi connectivity index (χ4n) is 1.16. The van der Waals surface area contributed by atoms with Gasteiger partial charge in [-0.15, -0.1) is 0 Å². The summed E-state index contributed by atoms with van der Waals surface area (Å²) in [5.41, 5.74) is 0.751. The smallest absolute Gasteiger partial charge is 0.214 e. The Labute approximate surface area is 83.0 Å². The van der Waals surface area contributed by atoms with E-state index < -0.39 is 5.95 Å². The van der Waals surface area contributed by atoms with Gasteiger partial charge in [-0.1, -0.05) is 0 Å². The SMILES string of the molecule is OCCCCCNc1ccnc(F)c1. The summed E-state index contributed by atoms with van der Waals surface area (Å²) in [6.07, 6.45) is 4.22. The Bertz CT molecular complexity index is 268. The van der Waals surface area contributed by atoms with Gasteiger partial charge in [0.15, 0.2) is 0 Å². The Balaban J connectivity index is 2.18. The molecule has 0 aliphatic heterocycles. The zero-order chi connectivity index (χ0) is 10.2. The van der Waals surface area contributed by atoms with E-state index in [1.807, 2.05) is 0 Å². The van der Waals surface area contributed by atoms with Gasteiger partial charge in [0.2, 0.25) is 5.95 Å². The Morgan fingerprint density at radius 3 is 2.93 bits per heavy atom. The minimum atomic E-state index is -0.467. The molecule has 0 spiro atoms. The highest BCUT2D eigenvalue weighted by Crippen LogP contribution is 2.06. The topological polar surface area (TPSA) is 45.1 Å². The molecule has 3 nitrogen and oxygen atoms in total. The fraction of sp³-hybridized carbons (Fsp3) is 0.500. The number of rotatable bonds is 6. The first-order valence-electron chi connectivity index (χ1n) is 4.79. The number of aliphatic hydroxyl groups is 1. The van der Waals surface area contributed by atoms with Crippen LogP contribution in [0.15, 0.2) is 18.3 Å². The lowest BCUT2D eigenvalue weighted by Gasteiger charge is -2.04. The second-order valence-corrected chi connectivity index (χ2v) is 3.08. The second-order valence-electron chi connectivity index (χ2n) is 3.08. The molecule has 1 aromatic heterocycles. The summed E-state index contributed by atoms with van der Waals surface area (Å²) in [6.45, 7) is 1.04. The molecular formula is C10H15FN2O. The summed E-state index contributed by atoms with van der Waals surface area (Å²) >= 11 is 0. The van der Waals surface area contributed by atoms with Crippen LogP contribution in [0.1, 0.15) is 19.3 Å². The van der Waals surface area contributed by atoms with Gasteiger partial charge in [-0.25, -0.2) is 4.98 Å². The third kappa shape index (κ3) is 4.18. The van der Waals surface area contributed by atoms with Crippen molar-refractivity contribution in [3.8, 4) is 0 Å². The summed E-state index contributed by atoms with van der Waals surface area (Å²) in [4.78, 5) is 3.46. The second kappa shape index (κ2) is 6.32. The Hall–Kier alpha value is -1.16. The minimum absolute atomic E-state index is 0.240. The van der Waals surface area contributed by atoms with E-state index >= 15 is 0 Å². The molecule has 0 aliphatic carbocycles. The average Bonchev–Trinajstić information content (AvgIpc) is 2.18. The molecule has 0 unspecified atom stereocenters. The Morgan fingerprint density at radius 1 is 1.36 bits per heavy atom. The number of aliphatic hydroxyl groups excluding tert-OH is 1. The summed E-state index contributed by atoms with van der Waals surface area (Å²) in [7, 11) is 0. The molecule has 0 radical (unpaired) electrons. The van der Waals surface area contributed by atoms with Crippen molar-refractivity contribution in [3.63, 3.8) is 0 Å². The van der Waals surface area contributed by atoms with Crippen molar-refractivity contribution in [2.75, 3.05) is 18.5 Å². The van der Waals surface area contributed by atoms with E-state index in [-0.39, 0.29) is 6.61 Å². The van der Waals surface area contributed by atoms with E-state index in [2.05, 4.69) is 10.3 Å². The monoisotopic (exact) mass is 198 g/mol. The van der Waals surface area contributed by atoms with Crippen LogP contribution in [0.4, 0.5) is 10.1 Å².